The molecule has 0 aromatic heterocycles. The van der Waals surface area contributed by atoms with Crippen molar-refractivity contribution < 1.29 is 27.5 Å². The second kappa shape index (κ2) is 21.0. The van der Waals surface area contributed by atoms with Crippen LogP contribution in [0.2, 0.25) is 5.02 Å². The van der Waals surface area contributed by atoms with E-state index in [-0.39, 0.29) is 64.7 Å². The second-order valence-electron chi connectivity index (χ2n) is 22.7. The Labute approximate surface area is 422 Å². The monoisotopic (exact) mass is 1000 g/mol. The molecule has 16 heteroatoms. The molecule has 14 nitrogen and oxygen atoms in total. The van der Waals surface area contributed by atoms with Gasteiger partial charge >= 0.3 is 0 Å². The van der Waals surface area contributed by atoms with Gasteiger partial charge in [-0.2, -0.15) is 5.26 Å². The van der Waals surface area contributed by atoms with Crippen molar-refractivity contribution in [3.05, 3.63) is 58.7 Å². The van der Waals surface area contributed by atoms with Crippen molar-refractivity contribution >= 4 is 38.8 Å². The summed E-state index contributed by atoms with van der Waals surface area (Å²) in [6.07, 6.45) is 13.3. The first-order chi connectivity index (χ1) is 33.5. The van der Waals surface area contributed by atoms with Gasteiger partial charge in [0.2, 0.25) is 11.8 Å². The molecule has 5 atom stereocenters. The number of nitriles is 1. The lowest BCUT2D eigenvalue weighted by Gasteiger charge is -2.63. The summed E-state index contributed by atoms with van der Waals surface area (Å²) < 4.78 is 39.4. The Morgan fingerprint density at radius 1 is 0.986 bits per heavy atom. The normalized spacial score (nSPS) is 29.1. The number of likely N-dealkylation sites (N-methyl/N-ethyl adjacent to an activating group) is 1. The smallest absolute Gasteiger partial charge is 0.244 e. The molecule has 0 bridgehead atoms. The molecular weight excluding hydrogens is 924 g/mol. The summed E-state index contributed by atoms with van der Waals surface area (Å²) in [6, 6.07) is 12.7. The van der Waals surface area contributed by atoms with Crippen LogP contribution in [-0.4, -0.2) is 142 Å². The maximum absolute atomic E-state index is 14.3. The Hall–Kier alpha value is -3.75. The number of hydrogen-bond donors (Lipinski definition) is 3. The zero-order valence-corrected chi connectivity index (χ0v) is 43.9. The number of amides is 2. The topological polar surface area (TPSA) is 160 Å². The molecule has 2 aromatic rings. The van der Waals surface area contributed by atoms with Crippen LogP contribution in [0.1, 0.15) is 110 Å². The molecule has 2 amide bonds. The van der Waals surface area contributed by atoms with Crippen molar-refractivity contribution in [2.45, 2.75) is 134 Å². The number of rotatable bonds is 17. The third-order valence-corrected chi connectivity index (χ3v) is 19.3. The van der Waals surface area contributed by atoms with E-state index in [4.69, 9.17) is 21.1 Å². The fourth-order valence-electron chi connectivity index (χ4n) is 13.3. The van der Waals surface area contributed by atoms with E-state index in [1.165, 1.54) is 44.9 Å². The molecule has 2 aromatic carbocycles. The third kappa shape index (κ3) is 10.5. The van der Waals surface area contributed by atoms with Gasteiger partial charge in [0.15, 0.2) is 9.84 Å². The van der Waals surface area contributed by atoms with E-state index >= 15 is 0 Å². The molecule has 0 radical (unpaired) electrons. The highest BCUT2D eigenvalue weighted by atomic mass is 35.5. The van der Waals surface area contributed by atoms with E-state index in [9.17, 15) is 23.3 Å². The van der Waals surface area contributed by atoms with Gasteiger partial charge in [-0.1, -0.05) is 65.5 Å². The number of nitrogens with one attached hydrogen (secondary N) is 3. The first-order valence-electron chi connectivity index (χ1n) is 26.3. The van der Waals surface area contributed by atoms with Crippen molar-refractivity contribution in [1.29, 1.82) is 5.26 Å². The predicted molar refractivity (Wildman–Crippen MR) is 273 cm³/mol. The van der Waals surface area contributed by atoms with Gasteiger partial charge in [0.25, 0.3) is 0 Å². The van der Waals surface area contributed by atoms with Crippen LogP contribution in [0.4, 0.5) is 0 Å². The molecule has 3 aliphatic carbocycles. The van der Waals surface area contributed by atoms with Crippen LogP contribution in [0.15, 0.2) is 47.5 Å². The Morgan fingerprint density at radius 3 is 2.41 bits per heavy atom. The lowest BCUT2D eigenvalue weighted by atomic mass is 9.49. The van der Waals surface area contributed by atoms with Gasteiger partial charge < -0.3 is 29.9 Å². The molecule has 4 aliphatic heterocycles. The van der Waals surface area contributed by atoms with Crippen LogP contribution in [-0.2, 0) is 19.4 Å². The summed E-state index contributed by atoms with van der Waals surface area (Å²) in [5, 5.41) is 20.5. The van der Waals surface area contributed by atoms with Gasteiger partial charge in [-0.15, -0.1) is 0 Å². The average molecular weight is 1000 g/mol. The molecular formula is C54H77ClN8O6S. The summed E-state index contributed by atoms with van der Waals surface area (Å²) in [5.41, 5.74) is 1.50. The van der Waals surface area contributed by atoms with Gasteiger partial charge in [-0.25, -0.2) is 8.42 Å². The van der Waals surface area contributed by atoms with E-state index in [1.807, 2.05) is 12.3 Å². The second-order valence-corrected chi connectivity index (χ2v) is 25.3. The van der Waals surface area contributed by atoms with Crippen LogP contribution >= 0.6 is 11.6 Å². The first-order valence-corrected chi connectivity index (χ1v) is 28.4. The van der Waals surface area contributed by atoms with Crippen molar-refractivity contribution in [2.75, 3.05) is 71.8 Å². The molecule has 6 fully saturated rings. The van der Waals surface area contributed by atoms with Gasteiger partial charge in [0.1, 0.15) is 30.0 Å². The van der Waals surface area contributed by atoms with Crippen molar-refractivity contribution in [2.24, 2.45) is 34.5 Å². The number of nitrogens with zero attached hydrogens (tertiary/aromatic N) is 5. The van der Waals surface area contributed by atoms with Crippen LogP contribution in [0.3, 0.4) is 0 Å². The zero-order chi connectivity index (χ0) is 49.5. The highest BCUT2D eigenvalue weighted by Crippen LogP contribution is 2.56. The molecule has 4 heterocycles. The van der Waals surface area contributed by atoms with Gasteiger partial charge in [0.05, 0.1) is 39.8 Å². The maximum Gasteiger partial charge on any atom is 0.244 e. The molecule has 9 rings (SSSR count). The third-order valence-electron chi connectivity index (χ3n) is 17.3. The summed E-state index contributed by atoms with van der Waals surface area (Å²) in [5.74, 6) is 2.35. The van der Waals surface area contributed by atoms with E-state index < -0.39 is 9.84 Å². The van der Waals surface area contributed by atoms with Crippen LogP contribution < -0.4 is 25.4 Å². The van der Waals surface area contributed by atoms with Gasteiger partial charge in [-0.05, 0) is 106 Å². The minimum atomic E-state index is -3.44. The number of carbonyl (C=O) groups is 2. The number of ether oxygens (including phenoxy) is 2. The molecule has 3 saturated carbocycles. The molecule has 70 heavy (non-hydrogen) atoms. The summed E-state index contributed by atoms with van der Waals surface area (Å²) >= 11 is 6.35. The summed E-state index contributed by atoms with van der Waals surface area (Å²) in [4.78, 5) is 37.1. The SMILES string of the molecule is CCS(=O)(=O)c1ccc(OCC(CCCN2CCN(C3NCC(C(=O)NC4C(C)(C)C(Oc5ccc(C#N)c(Cl)c5)C4(C)C)CN3C3CCCCC3)CC2)C2CC2)c(C2=CN(C)C(=O)C3NCCC23)c1. The Kier molecular flexibility index (Phi) is 15.3. The number of halogens is 1. The quantitative estimate of drug-likeness (QED) is 0.154. The number of sulfone groups is 1. The minimum Gasteiger partial charge on any atom is -0.493 e. The Bertz CT molecular complexity index is 2410. The van der Waals surface area contributed by atoms with Crippen LogP contribution in [0.25, 0.3) is 5.57 Å². The standard InChI is InChI=1S/C54H77ClN8O6S/c1-7-70(66,67)41-19-20-46(43(29-41)44-33-60(6)49(65)47-42(44)21-22-57-47)68-34-37(35-15-16-35)12-11-23-61-24-26-62(27-25-61)52-58-31-38(32-63(52)39-13-9-8-10-14-39)48(64)59-50-53(2,3)51(54(50,4)5)69-40-18-17-36(30-56)45(55)28-40/h17-20,28-29,33,35,37-39,42,47,50-52,57-58H,7-16,21-27,31-32,34H2,1-6H3,(H,59,64). The number of benzene rings is 2. The largest absolute Gasteiger partial charge is 0.493 e. The number of piperazine rings is 1. The molecule has 5 unspecified atom stereocenters. The number of carbonyl (C=O) groups excluding carboxylic acids is 2. The first kappa shape index (κ1) is 51.2. The Balaban J connectivity index is 0.782. The molecule has 3 saturated heterocycles. The average Bonchev–Trinajstić information content (AvgIpc) is 4.09. The number of hydrogen-bond acceptors (Lipinski definition) is 12. The van der Waals surface area contributed by atoms with Gasteiger partial charge in [-0.3, -0.25) is 24.7 Å². The molecule has 7 aliphatic rings. The van der Waals surface area contributed by atoms with Crippen LogP contribution in [0, 0.1) is 45.8 Å². The molecule has 3 N–H and O–H groups in total. The molecule has 0 spiro atoms. The lowest BCUT2D eigenvalue weighted by molar-refractivity contribution is -0.176. The van der Waals surface area contributed by atoms with E-state index in [1.54, 1.807) is 49.2 Å². The molecule has 382 valence electrons. The van der Waals surface area contributed by atoms with Gasteiger partial charge in [0, 0.05) is 93.0 Å². The Morgan fingerprint density at radius 2 is 1.73 bits per heavy atom. The van der Waals surface area contributed by atoms with Crippen molar-refractivity contribution in [3.8, 4) is 17.6 Å². The predicted octanol–water partition coefficient (Wildman–Crippen LogP) is 6.74. The van der Waals surface area contributed by atoms with E-state index in [2.05, 4.69) is 64.4 Å². The van der Waals surface area contributed by atoms with E-state index in [0.717, 1.165) is 76.2 Å². The fraction of sp³-hybridized carbons (Fsp3) is 0.685. The fourth-order valence-corrected chi connectivity index (χ4v) is 14.4. The number of fused-ring (bicyclic) bond motifs is 1. The maximum atomic E-state index is 14.3. The highest BCUT2D eigenvalue weighted by molar-refractivity contribution is 7.91. The minimum absolute atomic E-state index is 0.0196. The lowest BCUT2D eigenvalue weighted by Crippen LogP contribution is -2.76. The van der Waals surface area contributed by atoms with Crippen molar-refractivity contribution in [3.63, 3.8) is 0 Å². The summed E-state index contributed by atoms with van der Waals surface area (Å²) in [7, 11) is -1.67. The summed E-state index contributed by atoms with van der Waals surface area (Å²) in [6.45, 7) is 18.0. The zero-order valence-electron chi connectivity index (χ0n) is 42.4. The highest BCUT2D eigenvalue weighted by Gasteiger charge is 2.64. The van der Waals surface area contributed by atoms with Crippen molar-refractivity contribution in [1.82, 2.24) is 35.6 Å². The van der Waals surface area contributed by atoms with Crippen LogP contribution in [0.5, 0.6) is 11.5 Å². The van der Waals surface area contributed by atoms with E-state index in [0.29, 0.717) is 58.0 Å².